The van der Waals surface area contributed by atoms with Crippen LogP contribution in [0.4, 0.5) is 0 Å². The first-order valence-corrected chi connectivity index (χ1v) is 12.3. The Hall–Kier alpha value is -1.91. The summed E-state index contributed by atoms with van der Waals surface area (Å²) in [6.07, 6.45) is 1.63. The molecule has 1 aromatic heterocycles. The lowest BCUT2D eigenvalue weighted by Crippen LogP contribution is -2.25. The molecule has 0 spiro atoms. The van der Waals surface area contributed by atoms with Crippen molar-refractivity contribution in [3.05, 3.63) is 35.4 Å². The Bertz CT molecular complexity index is 855. The largest absolute Gasteiger partial charge is 0.356 e. The second kappa shape index (κ2) is 12.7. The number of carbonyl (C=O) groups is 3. The molecule has 7 nitrogen and oxygen atoms in total. The highest BCUT2D eigenvalue weighted by atomic mass is 32.2. The molecule has 1 heterocycles. The molecule has 0 bridgehead atoms. The van der Waals surface area contributed by atoms with E-state index in [2.05, 4.69) is 20.8 Å². The van der Waals surface area contributed by atoms with E-state index in [-0.39, 0.29) is 22.8 Å². The standard InChI is InChI=1S/C20H26N4O3S3/c1-4-10-22-17(26)12-28-19-23-24-20(30-19)29-13(2)18(27)16-7-5-15(6-8-16)9-11-21-14(3)25/h5-8,13H,4,9-12H2,1-3H3,(H,21,25)(H,22,26). The second-order valence-electron chi connectivity index (χ2n) is 6.53. The lowest BCUT2D eigenvalue weighted by Gasteiger charge is -2.09. The van der Waals surface area contributed by atoms with Gasteiger partial charge in [0.15, 0.2) is 14.5 Å². The molecule has 0 saturated heterocycles. The highest BCUT2D eigenvalue weighted by Gasteiger charge is 2.19. The highest BCUT2D eigenvalue weighted by Crippen LogP contribution is 2.32. The minimum Gasteiger partial charge on any atom is -0.356 e. The average Bonchev–Trinajstić information content (AvgIpc) is 3.17. The van der Waals surface area contributed by atoms with E-state index < -0.39 is 0 Å². The molecule has 0 aliphatic carbocycles. The molecule has 2 amide bonds. The van der Waals surface area contributed by atoms with Crippen molar-refractivity contribution >= 4 is 52.5 Å². The van der Waals surface area contributed by atoms with Crippen molar-refractivity contribution in [3.8, 4) is 0 Å². The van der Waals surface area contributed by atoms with Crippen molar-refractivity contribution in [1.82, 2.24) is 20.8 Å². The van der Waals surface area contributed by atoms with E-state index in [1.807, 2.05) is 38.1 Å². The van der Waals surface area contributed by atoms with Crippen LogP contribution in [-0.2, 0) is 16.0 Å². The predicted octanol–water partition coefficient (Wildman–Crippen LogP) is 3.20. The first-order valence-electron chi connectivity index (χ1n) is 9.66. The zero-order valence-electron chi connectivity index (χ0n) is 17.3. The van der Waals surface area contributed by atoms with Gasteiger partial charge >= 0.3 is 0 Å². The molecule has 2 N–H and O–H groups in total. The highest BCUT2D eigenvalue weighted by molar-refractivity contribution is 8.04. The number of benzene rings is 1. The van der Waals surface area contributed by atoms with Crippen molar-refractivity contribution in [2.24, 2.45) is 0 Å². The van der Waals surface area contributed by atoms with Crippen LogP contribution in [0.2, 0.25) is 0 Å². The number of amides is 2. The molecule has 0 radical (unpaired) electrons. The number of hydrogen-bond donors (Lipinski definition) is 2. The number of rotatable bonds is 12. The third kappa shape index (κ3) is 8.45. The molecule has 0 aliphatic rings. The SMILES string of the molecule is CCCNC(=O)CSc1nnc(SC(C)C(=O)c2ccc(CCNC(C)=O)cc2)s1. The number of nitrogens with zero attached hydrogens (tertiary/aromatic N) is 2. The average molecular weight is 467 g/mol. The Morgan fingerprint density at radius 3 is 2.43 bits per heavy atom. The molecule has 30 heavy (non-hydrogen) atoms. The van der Waals surface area contributed by atoms with Gasteiger partial charge in [-0.3, -0.25) is 14.4 Å². The Balaban J connectivity index is 1.83. The fourth-order valence-electron chi connectivity index (χ4n) is 2.40. The van der Waals surface area contributed by atoms with Crippen LogP contribution in [0.25, 0.3) is 0 Å². The summed E-state index contributed by atoms with van der Waals surface area (Å²) in [4.78, 5) is 35.3. The number of carbonyl (C=O) groups excluding carboxylic acids is 3. The van der Waals surface area contributed by atoms with E-state index in [1.165, 1.54) is 41.8 Å². The molecule has 162 valence electrons. The van der Waals surface area contributed by atoms with E-state index in [0.717, 1.165) is 18.4 Å². The normalized spacial score (nSPS) is 11.7. The second-order valence-corrected chi connectivity index (χ2v) is 10.3. The summed E-state index contributed by atoms with van der Waals surface area (Å²) in [5.41, 5.74) is 1.71. The van der Waals surface area contributed by atoms with Crippen LogP contribution in [0.5, 0.6) is 0 Å². The maximum atomic E-state index is 12.7. The summed E-state index contributed by atoms with van der Waals surface area (Å²) in [5.74, 6) is 0.264. The number of ketones is 1. The Morgan fingerprint density at radius 2 is 1.77 bits per heavy atom. The molecular formula is C20H26N4O3S3. The monoisotopic (exact) mass is 466 g/mol. The molecular weight excluding hydrogens is 440 g/mol. The van der Waals surface area contributed by atoms with Gasteiger partial charge in [-0.2, -0.15) is 0 Å². The first kappa shape index (κ1) is 24.4. The topological polar surface area (TPSA) is 101 Å². The van der Waals surface area contributed by atoms with Gasteiger partial charge < -0.3 is 10.6 Å². The van der Waals surface area contributed by atoms with Crippen LogP contribution in [0.15, 0.2) is 32.9 Å². The van der Waals surface area contributed by atoms with Crippen LogP contribution in [-0.4, -0.2) is 51.9 Å². The van der Waals surface area contributed by atoms with Gasteiger partial charge in [0.05, 0.1) is 11.0 Å². The van der Waals surface area contributed by atoms with Crippen LogP contribution < -0.4 is 10.6 Å². The molecule has 10 heteroatoms. The van der Waals surface area contributed by atoms with Gasteiger partial charge in [-0.1, -0.05) is 66.0 Å². The third-order valence-electron chi connectivity index (χ3n) is 3.96. The van der Waals surface area contributed by atoms with E-state index >= 15 is 0 Å². The Labute approximate surface area is 189 Å². The first-order chi connectivity index (χ1) is 14.4. The van der Waals surface area contributed by atoms with Gasteiger partial charge in [-0.25, -0.2) is 0 Å². The van der Waals surface area contributed by atoms with E-state index in [9.17, 15) is 14.4 Å². The molecule has 0 fully saturated rings. The van der Waals surface area contributed by atoms with Gasteiger partial charge in [0.1, 0.15) is 0 Å². The van der Waals surface area contributed by atoms with E-state index in [4.69, 9.17) is 0 Å². The predicted molar refractivity (Wildman–Crippen MR) is 122 cm³/mol. The van der Waals surface area contributed by atoms with Gasteiger partial charge in [0, 0.05) is 25.6 Å². The van der Waals surface area contributed by atoms with Crippen molar-refractivity contribution in [2.45, 2.75) is 47.5 Å². The van der Waals surface area contributed by atoms with Crippen LogP contribution in [0.3, 0.4) is 0 Å². The van der Waals surface area contributed by atoms with Crippen molar-refractivity contribution in [1.29, 1.82) is 0 Å². The number of hydrogen-bond acceptors (Lipinski definition) is 8. The lowest BCUT2D eigenvalue weighted by atomic mass is 10.0. The lowest BCUT2D eigenvalue weighted by molar-refractivity contribution is -0.119. The number of nitrogens with one attached hydrogen (secondary N) is 2. The molecule has 1 atom stereocenters. The Morgan fingerprint density at radius 1 is 1.07 bits per heavy atom. The quantitative estimate of drug-likeness (QED) is 0.366. The Kier molecular flexibility index (Phi) is 10.3. The van der Waals surface area contributed by atoms with E-state index in [0.29, 0.717) is 33.1 Å². The van der Waals surface area contributed by atoms with Crippen LogP contribution in [0.1, 0.15) is 43.1 Å². The zero-order valence-corrected chi connectivity index (χ0v) is 19.7. The van der Waals surface area contributed by atoms with Gasteiger partial charge in [0.25, 0.3) is 0 Å². The smallest absolute Gasteiger partial charge is 0.230 e. The number of Topliss-reactive ketones (excluding diaryl/α,β-unsaturated/α-hetero) is 1. The molecule has 1 unspecified atom stereocenters. The molecule has 0 saturated carbocycles. The molecule has 0 aliphatic heterocycles. The van der Waals surface area contributed by atoms with Gasteiger partial charge in [-0.05, 0) is 25.3 Å². The van der Waals surface area contributed by atoms with Crippen molar-refractivity contribution in [2.75, 3.05) is 18.8 Å². The maximum Gasteiger partial charge on any atom is 0.230 e. The minimum atomic E-state index is -0.297. The summed E-state index contributed by atoms with van der Waals surface area (Å²) in [7, 11) is 0. The van der Waals surface area contributed by atoms with Crippen LogP contribution in [0, 0.1) is 0 Å². The summed E-state index contributed by atoms with van der Waals surface area (Å²) in [6, 6.07) is 7.46. The van der Waals surface area contributed by atoms with Gasteiger partial charge in [-0.15, -0.1) is 10.2 Å². The minimum absolute atomic E-state index is 0.0182. The van der Waals surface area contributed by atoms with Crippen LogP contribution >= 0.6 is 34.9 Å². The molecule has 2 rings (SSSR count). The maximum absolute atomic E-state index is 12.7. The summed E-state index contributed by atoms with van der Waals surface area (Å²) >= 11 is 4.11. The molecule has 1 aromatic carbocycles. The fourth-order valence-corrected chi connectivity index (χ4v) is 5.48. The summed E-state index contributed by atoms with van der Waals surface area (Å²) in [5, 5.41) is 13.5. The zero-order chi connectivity index (χ0) is 21.9. The van der Waals surface area contributed by atoms with Crippen molar-refractivity contribution in [3.63, 3.8) is 0 Å². The fraction of sp³-hybridized carbons (Fsp3) is 0.450. The summed E-state index contributed by atoms with van der Waals surface area (Å²) in [6.45, 7) is 6.60. The molecule has 2 aromatic rings. The van der Waals surface area contributed by atoms with E-state index in [1.54, 1.807) is 0 Å². The van der Waals surface area contributed by atoms with Crippen molar-refractivity contribution < 1.29 is 14.4 Å². The third-order valence-corrected chi connectivity index (χ3v) is 7.20. The number of thioether (sulfide) groups is 2. The number of aromatic nitrogens is 2. The van der Waals surface area contributed by atoms with Gasteiger partial charge in [0.2, 0.25) is 11.8 Å². The summed E-state index contributed by atoms with van der Waals surface area (Å²) < 4.78 is 1.42.